The molecule has 0 atom stereocenters. The number of hydrogen-bond acceptors (Lipinski definition) is 1. The molecule has 0 saturated carbocycles. The summed E-state index contributed by atoms with van der Waals surface area (Å²) in [6.07, 6.45) is 0. The monoisotopic (exact) mass is 574 g/mol. The Balaban J connectivity index is 1.10. The van der Waals surface area contributed by atoms with Crippen LogP contribution in [0.3, 0.4) is 0 Å². The molecule has 1 aliphatic heterocycles. The summed E-state index contributed by atoms with van der Waals surface area (Å²) in [5.41, 5.74) is 11.7. The molecule has 10 rings (SSSR count). The van der Waals surface area contributed by atoms with Crippen molar-refractivity contribution in [3.8, 4) is 45.1 Å². The predicted octanol–water partition coefficient (Wildman–Crippen LogP) is 11.3. The third-order valence-corrected chi connectivity index (χ3v) is 9.29. The summed E-state index contributed by atoms with van der Waals surface area (Å²) < 4.78 is 11.2. The molecule has 1 aliphatic rings. The third-order valence-electron chi connectivity index (χ3n) is 9.29. The smallest absolute Gasteiger partial charge is 0.152 e. The van der Waals surface area contributed by atoms with Gasteiger partial charge in [0.05, 0.1) is 27.8 Å². The molecule has 0 amide bonds. The van der Waals surface area contributed by atoms with E-state index in [1.54, 1.807) is 0 Å². The highest BCUT2D eigenvalue weighted by molar-refractivity contribution is 6.12. The van der Waals surface area contributed by atoms with E-state index in [2.05, 4.69) is 167 Å². The Morgan fingerprint density at radius 1 is 0.356 bits per heavy atom. The molecule has 3 heterocycles. The minimum absolute atomic E-state index is 0.870. The summed E-state index contributed by atoms with van der Waals surface area (Å²) in [5.74, 6) is 1.77. The molecule has 9 aromatic rings. The average molecular weight is 575 g/mol. The van der Waals surface area contributed by atoms with E-state index < -0.39 is 0 Å². The highest BCUT2D eigenvalue weighted by Gasteiger charge is 2.24. The Kier molecular flexibility index (Phi) is 5.00. The lowest BCUT2D eigenvalue weighted by Crippen LogP contribution is -2.04. The number of nitrogens with zero attached hydrogens (tertiary/aromatic N) is 2. The Hall–Kier alpha value is -6.06. The average Bonchev–Trinajstić information content (AvgIpc) is 3.63. The first-order valence-corrected chi connectivity index (χ1v) is 15.4. The van der Waals surface area contributed by atoms with Gasteiger partial charge < -0.3 is 13.9 Å². The van der Waals surface area contributed by atoms with Crippen molar-refractivity contribution in [3.63, 3.8) is 0 Å². The van der Waals surface area contributed by atoms with Gasteiger partial charge in [0.25, 0.3) is 0 Å². The Morgan fingerprint density at radius 2 is 0.889 bits per heavy atom. The predicted molar refractivity (Wildman–Crippen MR) is 186 cm³/mol. The highest BCUT2D eigenvalue weighted by Crippen LogP contribution is 2.46. The third kappa shape index (κ3) is 3.52. The number of hydrogen-bond donors (Lipinski definition) is 0. The second-order valence-electron chi connectivity index (χ2n) is 11.8. The second kappa shape index (κ2) is 9.22. The van der Waals surface area contributed by atoms with Gasteiger partial charge in [-0.15, -0.1) is 0 Å². The summed E-state index contributed by atoms with van der Waals surface area (Å²) in [4.78, 5) is 0. The van der Waals surface area contributed by atoms with Gasteiger partial charge in [-0.25, -0.2) is 0 Å². The van der Waals surface area contributed by atoms with E-state index in [4.69, 9.17) is 4.74 Å². The Morgan fingerprint density at radius 3 is 1.60 bits per heavy atom. The van der Waals surface area contributed by atoms with E-state index in [0.29, 0.717) is 0 Å². The molecular weight excluding hydrogens is 548 g/mol. The number of fused-ring (bicyclic) bond motifs is 8. The van der Waals surface area contributed by atoms with E-state index >= 15 is 0 Å². The van der Waals surface area contributed by atoms with Crippen molar-refractivity contribution in [2.45, 2.75) is 0 Å². The van der Waals surface area contributed by atoms with Gasteiger partial charge in [-0.3, -0.25) is 0 Å². The Bertz CT molecular complexity index is 2580. The topological polar surface area (TPSA) is 19.1 Å². The van der Waals surface area contributed by atoms with E-state index in [-0.39, 0.29) is 0 Å². The Labute approximate surface area is 259 Å². The quantitative estimate of drug-likeness (QED) is 0.205. The molecule has 0 aliphatic carbocycles. The van der Waals surface area contributed by atoms with Crippen LogP contribution >= 0.6 is 0 Å². The van der Waals surface area contributed by atoms with Crippen molar-refractivity contribution in [2.75, 3.05) is 0 Å². The van der Waals surface area contributed by atoms with E-state index in [9.17, 15) is 0 Å². The molecule has 0 radical (unpaired) electrons. The summed E-state index contributed by atoms with van der Waals surface area (Å²) in [7, 11) is 0. The minimum Gasteiger partial charge on any atom is -0.453 e. The summed E-state index contributed by atoms with van der Waals surface area (Å²) in [6, 6.07) is 56.6. The molecule has 45 heavy (non-hydrogen) atoms. The van der Waals surface area contributed by atoms with Crippen molar-refractivity contribution < 1.29 is 4.74 Å². The maximum atomic E-state index is 6.45. The van der Waals surface area contributed by atoms with Gasteiger partial charge in [0.2, 0.25) is 0 Å². The molecule has 7 aromatic carbocycles. The van der Waals surface area contributed by atoms with Crippen LogP contribution in [-0.2, 0) is 0 Å². The second-order valence-corrected chi connectivity index (χ2v) is 11.8. The van der Waals surface area contributed by atoms with Gasteiger partial charge in [-0.05, 0) is 76.9 Å². The van der Waals surface area contributed by atoms with Gasteiger partial charge in [0.15, 0.2) is 11.5 Å². The van der Waals surface area contributed by atoms with Crippen LogP contribution in [0.25, 0.3) is 77.2 Å². The number of rotatable bonds is 3. The van der Waals surface area contributed by atoms with Crippen LogP contribution < -0.4 is 4.74 Å². The molecule has 3 heteroatoms. The van der Waals surface area contributed by atoms with Gasteiger partial charge in [-0.2, -0.15) is 0 Å². The molecular formula is C42H26N2O. The molecule has 0 unspecified atom stereocenters. The summed E-state index contributed by atoms with van der Waals surface area (Å²) in [6.45, 7) is 0. The lowest BCUT2D eigenvalue weighted by atomic mass is 9.98. The SMILES string of the molecule is c1cc(-c2cccc(-n3c4ccccc4c4ccccc43)c2)cc(-c2ccc3c(c2)-n2c4ccccc4c4cccc(c42)O3)c1. The largest absolute Gasteiger partial charge is 0.453 e. The highest BCUT2D eigenvalue weighted by atomic mass is 16.5. The van der Waals surface area contributed by atoms with Gasteiger partial charge >= 0.3 is 0 Å². The molecule has 0 bridgehead atoms. The first kappa shape index (κ1) is 24.4. The standard InChI is InChI=1S/C42H26N2O/c1-4-18-36-32(14-1)33-15-2-5-19-37(33)43(36)31-13-8-12-29(25-31)27-10-7-11-28(24-27)30-22-23-40-39(26-30)44-38-20-6-3-16-34(38)35-17-9-21-41(45-40)42(35)44/h1-26H. The van der Waals surface area contributed by atoms with Gasteiger partial charge in [-0.1, -0.05) is 103 Å². The van der Waals surface area contributed by atoms with Crippen LogP contribution in [0.4, 0.5) is 0 Å². The van der Waals surface area contributed by atoms with Gasteiger partial charge in [0.1, 0.15) is 0 Å². The van der Waals surface area contributed by atoms with Crippen molar-refractivity contribution in [2.24, 2.45) is 0 Å². The normalized spacial score (nSPS) is 12.2. The molecule has 0 saturated heterocycles. The van der Waals surface area contributed by atoms with Crippen molar-refractivity contribution >= 4 is 43.6 Å². The molecule has 3 nitrogen and oxygen atoms in total. The van der Waals surface area contributed by atoms with Crippen molar-refractivity contribution in [3.05, 3.63) is 158 Å². The zero-order valence-electron chi connectivity index (χ0n) is 24.3. The number of benzene rings is 7. The van der Waals surface area contributed by atoms with E-state index in [1.165, 1.54) is 54.8 Å². The molecule has 0 N–H and O–H groups in total. The first-order valence-electron chi connectivity index (χ1n) is 15.4. The molecule has 2 aromatic heterocycles. The van der Waals surface area contributed by atoms with Crippen LogP contribution in [0.5, 0.6) is 11.5 Å². The van der Waals surface area contributed by atoms with Crippen molar-refractivity contribution in [1.29, 1.82) is 0 Å². The van der Waals surface area contributed by atoms with Gasteiger partial charge in [0, 0.05) is 27.2 Å². The fourth-order valence-electron chi connectivity index (χ4n) is 7.30. The van der Waals surface area contributed by atoms with Crippen molar-refractivity contribution in [1.82, 2.24) is 9.13 Å². The fourth-order valence-corrected chi connectivity index (χ4v) is 7.30. The summed E-state index contributed by atoms with van der Waals surface area (Å²) in [5, 5.41) is 4.99. The number of ether oxygens (including phenoxy) is 1. The van der Waals surface area contributed by atoms with Crippen LogP contribution in [0.2, 0.25) is 0 Å². The fraction of sp³-hybridized carbons (Fsp3) is 0. The zero-order valence-corrected chi connectivity index (χ0v) is 24.3. The minimum atomic E-state index is 0.870. The molecule has 0 fully saturated rings. The van der Waals surface area contributed by atoms with Crippen LogP contribution in [0.1, 0.15) is 0 Å². The van der Waals surface area contributed by atoms with Crippen LogP contribution in [0.15, 0.2) is 158 Å². The number of aromatic nitrogens is 2. The lowest BCUT2D eigenvalue weighted by Gasteiger charge is -2.22. The zero-order chi connectivity index (χ0) is 29.5. The van der Waals surface area contributed by atoms with Crippen LogP contribution in [0, 0.1) is 0 Å². The number of para-hydroxylation sites is 4. The lowest BCUT2D eigenvalue weighted by molar-refractivity contribution is 0.476. The maximum Gasteiger partial charge on any atom is 0.152 e. The summed E-state index contributed by atoms with van der Waals surface area (Å²) >= 11 is 0. The van der Waals surface area contributed by atoms with Crippen LogP contribution in [-0.4, -0.2) is 9.13 Å². The molecule has 0 spiro atoms. The molecule has 210 valence electrons. The first-order chi connectivity index (χ1) is 22.3. The van der Waals surface area contributed by atoms with E-state index in [0.717, 1.165) is 34.0 Å². The van der Waals surface area contributed by atoms with E-state index in [1.807, 2.05) is 0 Å². The maximum absolute atomic E-state index is 6.45.